The number of carbonyl (C=O) groups is 1. The fraction of sp³-hybridized carbons (Fsp3) is 0.942. The molecule has 2 heteroatoms. The molecule has 0 aliphatic carbocycles. The summed E-state index contributed by atoms with van der Waals surface area (Å²) in [5, 5.41) is 0. The molecule has 0 aromatic heterocycles. The summed E-state index contributed by atoms with van der Waals surface area (Å²) < 4.78 is 5.49. The van der Waals surface area contributed by atoms with Crippen molar-refractivity contribution in [3.8, 4) is 0 Å². The smallest absolute Gasteiger partial charge is 0.305 e. The molecule has 0 fully saturated rings. The van der Waals surface area contributed by atoms with Crippen LogP contribution in [0.2, 0.25) is 0 Å². The molecule has 0 saturated carbocycles. The van der Waals surface area contributed by atoms with Gasteiger partial charge < -0.3 is 4.74 Å². The van der Waals surface area contributed by atoms with E-state index in [1.807, 2.05) is 0 Å². The Morgan fingerprint density at radius 2 is 0.685 bits per heavy atom. The van der Waals surface area contributed by atoms with Crippen molar-refractivity contribution in [3.05, 3.63) is 12.2 Å². The first-order valence-corrected chi connectivity index (χ1v) is 25.5. The molecule has 0 saturated heterocycles. The Labute approximate surface area is 342 Å². The molecule has 0 bridgehead atoms. The van der Waals surface area contributed by atoms with Crippen molar-refractivity contribution in [2.24, 2.45) is 5.92 Å². The van der Waals surface area contributed by atoms with Gasteiger partial charge in [-0.25, -0.2) is 0 Å². The second-order valence-electron chi connectivity index (χ2n) is 17.8. The van der Waals surface area contributed by atoms with Crippen molar-refractivity contribution >= 4 is 5.97 Å². The third kappa shape index (κ3) is 47.4. The second-order valence-corrected chi connectivity index (χ2v) is 17.8. The van der Waals surface area contributed by atoms with Crippen LogP contribution in [0.4, 0.5) is 0 Å². The number of unbranched alkanes of at least 4 members (excludes halogenated alkanes) is 38. The molecule has 2 nitrogen and oxygen atoms in total. The third-order valence-corrected chi connectivity index (χ3v) is 12.2. The van der Waals surface area contributed by atoms with Gasteiger partial charge in [-0.3, -0.25) is 4.79 Å². The quantitative estimate of drug-likeness (QED) is 0.0351. The number of allylic oxidation sites excluding steroid dienone is 2. The fourth-order valence-electron chi connectivity index (χ4n) is 7.99. The maximum absolute atomic E-state index is 12.0. The Hall–Kier alpha value is -0.790. The third-order valence-electron chi connectivity index (χ3n) is 12.2. The molecule has 0 rings (SSSR count). The predicted molar refractivity (Wildman–Crippen MR) is 244 cm³/mol. The van der Waals surface area contributed by atoms with Crippen LogP contribution < -0.4 is 0 Å². The van der Waals surface area contributed by atoms with Gasteiger partial charge in [0, 0.05) is 6.42 Å². The molecule has 0 aliphatic rings. The number of hydrogen-bond donors (Lipinski definition) is 0. The fourth-order valence-corrected chi connectivity index (χ4v) is 7.99. The molecule has 0 aliphatic heterocycles. The first kappa shape index (κ1) is 53.2. The lowest BCUT2D eigenvalue weighted by Crippen LogP contribution is -2.05. The highest BCUT2D eigenvalue weighted by molar-refractivity contribution is 5.69. The van der Waals surface area contributed by atoms with Gasteiger partial charge in [0.1, 0.15) is 0 Å². The van der Waals surface area contributed by atoms with E-state index in [-0.39, 0.29) is 5.97 Å². The summed E-state index contributed by atoms with van der Waals surface area (Å²) >= 11 is 0. The van der Waals surface area contributed by atoms with Gasteiger partial charge in [-0.05, 0) is 44.4 Å². The summed E-state index contributed by atoms with van der Waals surface area (Å²) in [6.45, 7) is 7.64. The molecule has 0 radical (unpaired) electrons. The molecule has 1 unspecified atom stereocenters. The molecule has 54 heavy (non-hydrogen) atoms. The number of carbonyl (C=O) groups excluding carboxylic acids is 1. The lowest BCUT2D eigenvalue weighted by Gasteiger charge is -2.07. The molecule has 0 amide bonds. The van der Waals surface area contributed by atoms with Gasteiger partial charge in [0.05, 0.1) is 6.61 Å². The monoisotopic (exact) mass is 759 g/mol. The standard InChI is InChI=1S/C52H102O2/c1-4-6-7-8-9-10-11-12-13-24-28-31-34-37-40-43-46-49-52(53)54-50-47-44-41-38-35-32-29-26-23-21-19-17-15-14-16-18-20-22-25-27-30-33-36-39-42-45-48-51(3)5-2/h10-11,51H,4-9,12-50H2,1-3H3. The van der Waals surface area contributed by atoms with Gasteiger partial charge in [-0.15, -0.1) is 0 Å². The van der Waals surface area contributed by atoms with Crippen molar-refractivity contribution in [3.63, 3.8) is 0 Å². The van der Waals surface area contributed by atoms with Crippen LogP contribution in [0.15, 0.2) is 12.2 Å². The Balaban J connectivity index is 3.16. The minimum absolute atomic E-state index is 0.0278. The summed E-state index contributed by atoms with van der Waals surface area (Å²) in [6.07, 6.45) is 64.9. The Bertz CT molecular complexity index is 713. The van der Waals surface area contributed by atoms with Crippen LogP contribution in [0, 0.1) is 5.92 Å². The molecule has 0 aromatic carbocycles. The lowest BCUT2D eigenvalue weighted by atomic mass is 9.99. The number of hydrogen-bond acceptors (Lipinski definition) is 2. The normalized spacial score (nSPS) is 12.3. The summed E-state index contributed by atoms with van der Waals surface area (Å²) in [4.78, 5) is 12.0. The van der Waals surface area contributed by atoms with E-state index in [1.165, 1.54) is 263 Å². The second kappa shape index (κ2) is 48.4. The SMILES string of the molecule is CCCCCCC=CCCCCCCCCCCCC(=O)OCCCCCCCCCCCCCCCCCCCCCCCCCCCCC(C)CC. The zero-order chi connectivity index (χ0) is 39.1. The summed E-state index contributed by atoms with van der Waals surface area (Å²) in [5.74, 6) is 0.966. The van der Waals surface area contributed by atoms with Crippen LogP contribution in [0.25, 0.3) is 0 Å². The predicted octanol–water partition coefficient (Wildman–Crippen LogP) is 18.9. The lowest BCUT2D eigenvalue weighted by molar-refractivity contribution is -0.143. The topological polar surface area (TPSA) is 26.3 Å². The average molecular weight is 759 g/mol. The van der Waals surface area contributed by atoms with Gasteiger partial charge in [0.15, 0.2) is 0 Å². The van der Waals surface area contributed by atoms with Gasteiger partial charge in [-0.2, -0.15) is 0 Å². The zero-order valence-electron chi connectivity index (χ0n) is 37.9. The zero-order valence-corrected chi connectivity index (χ0v) is 37.9. The minimum Gasteiger partial charge on any atom is -0.466 e. The van der Waals surface area contributed by atoms with E-state index in [0.717, 1.165) is 18.8 Å². The van der Waals surface area contributed by atoms with Crippen molar-refractivity contribution in [2.75, 3.05) is 6.61 Å². The van der Waals surface area contributed by atoms with E-state index in [1.54, 1.807) is 0 Å². The highest BCUT2D eigenvalue weighted by atomic mass is 16.5. The highest BCUT2D eigenvalue weighted by Crippen LogP contribution is 2.18. The first-order chi connectivity index (χ1) is 26.7. The van der Waals surface area contributed by atoms with E-state index < -0.39 is 0 Å². The van der Waals surface area contributed by atoms with Crippen molar-refractivity contribution < 1.29 is 9.53 Å². The molecular weight excluding hydrogens is 657 g/mol. The summed E-state index contributed by atoms with van der Waals surface area (Å²) in [6, 6.07) is 0. The first-order valence-electron chi connectivity index (χ1n) is 25.5. The van der Waals surface area contributed by atoms with Crippen molar-refractivity contribution in [1.29, 1.82) is 0 Å². The number of esters is 1. The van der Waals surface area contributed by atoms with Crippen LogP contribution in [-0.4, -0.2) is 12.6 Å². The maximum atomic E-state index is 12.0. The number of rotatable bonds is 47. The van der Waals surface area contributed by atoms with E-state index in [4.69, 9.17) is 4.74 Å². The van der Waals surface area contributed by atoms with Gasteiger partial charge in [-0.1, -0.05) is 270 Å². The van der Waals surface area contributed by atoms with Crippen molar-refractivity contribution in [1.82, 2.24) is 0 Å². The molecule has 0 N–H and O–H groups in total. The largest absolute Gasteiger partial charge is 0.466 e. The van der Waals surface area contributed by atoms with Crippen LogP contribution in [-0.2, 0) is 9.53 Å². The van der Waals surface area contributed by atoms with Gasteiger partial charge in [0.2, 0.25) is 0 Å². The molecule has 0 spiro atoms. The van der Waals surface area contributed by atoms with E-state index in [0.29, 0.717) is 13.0 Å². The molecule has 0 heterocycles. The average Bonchev–Trinajstić information content (AvgIpc) is 3.18. The number of ether oxygens (including phenoxy) is 1. The highest BCUT2D eigenvalue weighted by Gasteiger charge is 2.03. The Morgan fingerprint density at radius 1 is 0.389 bits per heavy atom. The van der Waals surface area contributed by atoms with Gasteiger partial charge in [0.25, 0.3) is 0 Å². The van der Waals surface area contributed by atoms with Crippen molar-refractivity contribution in [2.45, 2.75) is 303 Å². The van der Waals surface area contributed by atoms with Crippen LogP contribution in [0.1, 0.15) is 303 Å². The summed E-state index contributed by atoms with van der Waals surface area (Å²) in [7, 11) is 0. The van der Waals surface area contributed by atoms with Gasteiger partial charge >= 0.3 is 5.97 Å². The van der Waals surface area contributed by atoms with Crippen LogP contribution in [0.3, 0.4) is 0 Å². The molecule has 1 atom stereocenters. The van der Waals surface area contributed by atoms with E-state index in [9.17, 15) is 4.79 Å². The molecule has 0 aromatic rings. The van der Waals surface area contributed by atoms with Crippen LogP contribution in [0.5, 0.6) is 0 Å². The molecule has 322 valence electrons. The Kier molecular flexibility index (Phi) is 47.7. The summed E-state index contributed by atoms with van der Waals surface area (Å²) in [5.41, 5.74) is 0. The molecular formula is C52H102O2. The van der Waals surface area contributed by atoms with Crippen LogP contribution >= 0.6 is 0 Å². The van der Waals surface area contributed by atoms with E-state index >= 15 is 0 Å². The maximum Gasteiger partial charge on any atom is 0.305 e. The minimum atomic E-state index is 0.0278. The Morgan fingerprint density at radius 3 is 1.04 bits per heavy atom. The van der Waals surface area contributed by atoms with E-state index in [2.05, 4.69) is 32.9 Å².